The summed E-state index contributed by atoms with van der Waals surface area (Å²) in [5, 5.41) is 0. The summed E-state index contributed by atoms with van der Waals surface area (Å²) in [5.41, 5.74) is -1.76. The van der Waals surface area contributed by atoms with Crippen LogP contribution in [0.3, 0.4) is 0 Å². The highest BCUT2D eigenvalue weighted by molar-refractivity contribution is 6.84. The van der Waals surface area contributed by atoms with Crippen LogP contribution in [0.4, 0.5) is 30.7 Å². The van der Waals surface area contributed by atoms with Gasteiger partial charge in [0, 0.05) is 0 Å². The second-order valence-electron chi connectivity index (χ2n) is 3.26. The van der Waals surface area contributed by atoms with Gasteiger partial charge in [-0.05, 0) is 5.54 Å². The van der Waals surface area contributed by atoms with Crippen LogP contribution in [0.5, 0.6) is 0 Å². The van der Waals surface area contributed by atoms with Crippen molar-refractivity contribution in [2.45, 2.75) is 31.0 Å². The molecule has 0 aromatic rings. The van der Waals surface area contributed by atoms with Gasteiger partial charge in [0.2, 0.25) is 0 Å². The minimum atomic E-state index is -5.92. The summed E-state index contributed by atoms with van der Waals surface area (Å²) >= 11 is 0. The van der Waals surface area contributed by atoms with Crippen molar-refractivity contribution in [1.29, 1.82) is 0 Å². The number of hydrogen-bond acceptors (Lipinski definition) is 0. The van der Waals surface area contributed by atoms with Crippen LogP contribution in [0.25, 0.3) is 0 Å². The molecule has 0 radical (unpaired) electrons. The second-order valence-corrected chi connectivity index (χ2v) is 7.75. The van der Waals surface area contributed by atoms with Gasteiger partial charge in [-0.15, -0.1) is 0 Å². The molecule has 0 saturated heterocycles. The molecule has 0 saturated carbocycles. The van der Waals surface area contributed by atoms with E-state index in [0.717, 1.165) is 13.8 Å². The van der Waals surface area contributed by atoms with Crippen molar-refractivity contribution in [2.75, 3.05) is 6.30 Å². The number of hydrogen-bond donors (Lipinski definition) is 0. The molecule has 0 N–H and O–H groups in total. The second kappa shape index (κ2) is 3.71. The number of rotatable bonds is 2. The highest BCUT2D eigenvalue weighted by atomic mass is 28.3. The predicted molar refractivity (Wildman–Crippen MR) is 38.9 cm³/mol. The largest absolute Gasteiger partial charge is 0.374 e. The third-order valence-corrected chi connectivity index (χ3v) is 6.62. The summed E-state index contributed by atoms with van der Waals surface area (Å²) in [6.07, 6.45) is -2.35. The zero-order valence-corrected chi connectivity index (χ0v) is 8.43. The average Bonchev–Trinajstić information content (AvgIpc) is 1.80. The van der Waals surface area contributed by atoms with Gasteiger partial charge in [0.1, 0.15) is 0 Å². The molecule has 0 atom stereocenters. The quantitative estimate of drug-likeness (QED) is 0.513. The molecule has 14 heavy (non-hydrogen) atoms. The van der Waals surface area contributed by atoms with Gasteiger partial charge in [-0.1, -0.05) is 13.8 Å². The molecule has 0 aromatic carbocycles. The third kappa shape index (κ3) is 1.89. The molecule has 0 fully saturated rings. The van der Waals surface area contributed by atoms with Gasteiger partial charge in [0.05, 0.1) is 6.30 Å². The lowest BCUT2D eigenvalue weighted by Gasteiger charge is -2.35. The molecule has 0 spiro atoms. The van der Waals surface area contributed by atoms with Gasteiger partial charge in [-0.2, -0.15) is 26.3 Å². The zero-order chi connectivity index (χ0) is 11.8. The van der Waals surface area contributed by atoms with E-state index in [1.54, 1.807) is 0 Å². The van der Waals surface area contributed by atoms with Crippen LogP contribution in [0.1, 0.15) is 13.8 Å². The summed E-state index contributed by atoms with van der Waals surface area (Å²) < 4.78 is 85.5. The van der Waals surface area contributed by atoms with Gasteiger partial charge in [0.15, 0.2) is 0 Å². The highest BCUT2D eigenvalue weighted by Gasteiger charge is 2.75. The molecule has 0 aromatic heterocycles. The van der Waals surface area contributed by atoms with E-state index < -0.39 is 31.5 Å². The lowest BCUT2D eigenvalue weighted by Crippen LogP contribution is -2.66. The minimum Gasteiger partial charge on any atom is -0.254 e. The summed E-state index contributed by atoms with van der Waals surface area (Å²) in [4.78, 5) is 0. The van der Waals surface area contributed by atoms with E-state index >= 15 is 0 Å². The van der Waals surface area contributed by atoms with Crippen molar-refractivity contribution in [3.05, 3.63) is 0 Å². The van der Waals surface area contributed by atoms with Crippen LogP contribution < -0.4 is 0 Å². The molecule has 0 aliphatic rings. The van der Waals surface area contributed by atoms with Crippen molar-refractivity contribution in [1.82, 2.24) is 0 Å². The van der Waals surface area contributed by atoms with Crippen LogP contribution in [0.15, 0.2) is 0 Å². The van der Waals surface area contributed by atoms with E-state index in [9.17, 15) is 30.7 Å². The molecule has 0 aliphatic heterocycles. The van der Waals surface area contributed by atoms with Crippen molar-refractivity contribution < 1.29 is 30.7 Å². The fraction of sp³-hybridized carbons (Fsp3) is 1.00. The predicted octanol–water partition coefficient (Wildman–Crippen LogP) is 3.56. The first-order valence-corrected chi connectivity index (χ1v) is 5.98. The van der Waals surface area contributed by atoms with Crippen LogP contribution in [-0.4, -0.2) is 26.0 Å². The average molecular weight is 242 g/mol. The number of halogens is 7. The molecule has 0 heterocycles. The Balaban J connectivity index is 5.45. The highest BCUT2D eigenvalue weighted by Crippen LogP contribution is 2.47. The molecule has 0 unspecified atom stereocenters. The molecular formula is C6H9F7Si. The molecule has 0 amide bonds. The molecular weight excluding hydrogens is 233 g/mol. The fourth-order valence-corrected chi connectivity index (χ4v) is 3.36. The van der Waals surface area contributed by atoms with E-state index in [1.807, 2.05) is 0 Å². The Labute approximate surface area is 77.1 Å². The lowest BCUT2D eigenvalue weighted by atomic mass is 10.6. The smallest absolute Gasteiger partial charge is 0.254 e. The Morgan fingerprint density at radius 1 is 0.929 bits per heavy atom. The standard InChI is InChI=1S/C6H9F7Si/c1-4(2)14(3-7,5(8,9)10)6(11,12)13/h4H,3H2,1-2H3. The topological polar surface area (TPSA) is 0 Å². The van der Waals surface area contributed by atoms with Crippen molar-refractivity contribution in [3.8, 4) is 0 Å². The maximum Gasteiger partial charge on any atom is 0.374 e. The van der Waals surface area contributed by atoms with E-state index in [2.05, 4.69) is 0 Å². The molecule has 8 heteroatoms. The van der Waals surface area contributed by atoms with Gasteiger partial charge >= 0.3 is 19.7 Å². The van der Waals surface area contributed by atoms with E-state index in [-0.39, 0.29) is 0 Å². The first-order chi connectivity index (χ1) is 6.00. The summed E-state index contributed by atoms with van der Waals surface area (Å²) in [7, 11) is -5.92. The van der Waals surface area contributed by atoms with Crippen molar-refractivity contribution >= 4 is 8.07 Å². The minimum absolute atomic E-state index is 0.757. The monoisotopic (exact) mass is 242 g/mol. The van der Waals surface area contributed by atoms with Gasteiger partial charge < -0.3 is 0 Å². The zero-order valence-electron chi connectivity index (χ0n) is 7.43. The molecule has 0 aliphatic carbocycles. The molecule has 0 bridgehead atoms. The number of alkyl halides is 7. The first kappa shape index (κ1) is 13.7. The Bertz CT molecular complexity index is 177. The van der Waals surface area contributed by atoms with Gasteiger partial charge in [-0.25, -0.2) is 0 Å². The van der Waals surface area contributed by atoms with Crippen molar-refractivity contribution in [3.63, 3.8) is 0 Å². The van der Waals surface area contributed by atoms with Crippen LogP contribution in [0.2, 0.25) is 5.54 Å². The molecule has 86 valence electrons. The maximum atomic E-state index is 12.2. The van der Waals surface area contributed by atoms with Crippen LogP contribution in [0, 0.1) is 0 Å². The van der Waals surface area contributed by atoms with E-state index in [4.69, 9.17) is 0 Å². The summed E-state index contributed by atoms with van der Waals surface area (Å²) in [6.45, 7) is 1.51. The Hall–Kier alpha value is -0.273. The van der Waals surface area contributed by atoms with E-state index in [1.165, 1.54) is 0 Å². The van der Waals surface area contributed by atoms with Crippen molar-refractivity contribution in [2.24, 2.45) is 0 Å². The Kier molecular flexibility index (Phi) is 3.64. The Morgan fingerprint density at radius 2 is 1.21 bits per heavy atom. The fourth-order valence-electron chi connectivity index (χ4n) is 1.12. The molecule has 0 nitrogen and oxygen atoms in total. The lowest BCUT2D eigenvalue weighted by molar-refractivity contribution is -0.118. The van der Waals surface area contributed by atoms with Gasteiger partial charge in [0.25, 0.3) is 0 Å². The normalized spacial score (nSPS) is 15.0. The SMILES string of the molecule is CC(C)[Si](CF)(C(F)(F)F)C(F)(F)F. The maximum absolute atomic E-state index is 12.2. The van der Waals surface area contributed by atoms with Gasteiger partial charge in [-0.3, -0.25) is 4.39 Å². The molecule has 0 rings (SSSR count). The van der Waals surface area contributed by atoms with Crippen LogP contribution >= 0.6 is 0 Å². The summed E-state index contributed by atoms with van der Waals surface area (Å²) in [5.74, 6) is -11.0. The summed E-state index contributed by atoms with van der Waals surface area (Å²) in [6, 6.07) is 0. The van der Waals surface area contributed by atoms with E-state index in [0.29, 0.717) is 0 Å². The Morgan fingerprint density at radius 3 is 1.21 bits per heavy atom. The first-order valence-electron chi connectivity index (χ1n) is 3.70. The van der Waals surface area contributed by atoms with Crippen LogP contribution in [-0.2, 0) is 0 Å². The third-order valence-electron chi connectivity index (χ3n) is 2.21.